The lowest BCUT2D eigenvalue weighted by Gasteiger charge is -2.25. The summed E-state index contributed by atoms with van der Waals surface area (Å²) in [6.45, 7) is 1.75. The lowest BCUT2D eigenvalue weighted by molar-refractivity contribution is -0.151. The van der Waals surface area contributed by atoms with E-state index in [-0.39, 0.29) is 18.1 Å². The molecule has 2 N–H and O–H groups in total. The molecule has 0 radical (unpaired) electrons. The van der Waals surface area contributed by atoms with Crippen molar-refractivity contribution in [3.05, 3.63) is 0 Å². The van der Waals surface area contributed by atoms with Gasteiger partial charge in [-0.2, -0.15) is 0 Å². The highest BCUT2D eigenvalue weighted by molar-refractivity contribution is 7.91. The van der Waals surface area contributed by atoms with E-state index in [9.17, 15) is 18.0 Å². The Morgan fingerprint density at radius 3 is 2.56 bits per heavy atom. The summed E-state index contributed by atoms with van der Waals surface area (Å²) >= 11 is 0. The molecule has 2 unspecified atom stereocenters. The van der Waals surface area contributed by atoms with Gasteiger partial charge in [0.15, 0.2) is 15.9 Å². The van der Waals surface area contributed by atoms with E-state index in [0.717, 1.165) is 0 Å². The second-order valence-electron chi connectivity index (χ2n) is 4.24. The zero-order chi connectivity index (χ0) is 13.9. The van der Waals surface area contributed by atoms with Crippen molar-refractivity contribution in [1.82, 2.24) is 4.90 Å². The summed E-state index contributed by atoms with van der Waals surface area (Å²) in [7, 11) is -1.63. The van der Waals surface area contributed by atoms with Gasteiger partial charge in [-0.25, -0.2) is 13.2 Å². The Hall–Kier alpha value is -1.15. The van der Waals surface area contributed by atoms with Crippen molar-refractivity contribution in [1.29, 1.82) is 0 Å². The molecular formula is C10H18N2O5S. The molecular weight excluding hydrogens is 260 g/mol. The molecule has 1 fully saturated rings. The van der Waals surface area contributed by atoms with E-state index >= 15 is 0 Å². The van der Waals surface area contributed by atoms with Crippen molar-refractivity contribution in [3.63, 3.8) is 0 Å². The van der Waals surface area contributed by atoms with Gasteiger partial charge in [0.1, 0.15) is 0 Å². The first-order valence-corrected chi connectivity index (χ1v) is 7.50. The van der Waals surface area contributed by atoms with E-state index < -0.39 is 33.8 Å². The number of carbonyl (C=O) groups is 2. The Morgan fingerprint density at radius 1 is 1.50 bits per heavy atom. The molecule has 0 aromatic heterocycles. The SMILES string of the molecule is CCOC(=O)C(N)C(=O)N(C)C1CCS(=O)(=O)C1. The van der Waals surface area contributed by atoms with Gasteiger partial charge in [0, 0.05) is 13.1 Å². The maximum atomic E-state index is 11.9. The van der Waals surface area contributed by atoms with Crippen LogP contribution in [0.4, 0.5) is 0 Å². The van der Waals surface area contributed by atoms with Crippen LogP contribution in [-0.2, 0) is 24.2 Å². The van der Waals surface area contributed by atoms with Crippen LogP contribution in [-0.4, -0.2) is 62.4 Å². The Bertz CT molecular complexity index is 434. The van der Waals surface area contributed by atoms with Crippen LogP contribution in [0.15, 0.2) is 0 Å². The molecule has 0 saturated carbocycles. The van der Waals surface area contributed by atoms with Gasteiger partial charge in [0.25, 0.3) is 5.91 Å². The molecule has 104 valence electrons. The van der Waals surface area contributed by atoms with E-state index in [1.165, 1.54) is 11.9 Å². The highest BCUT2D eigenvalue weighted by Crippen LogP contribution is 2.17. The van der Waals surface area contributed by atoms with Gasteiger partial charge in [-0.1, -0.05) is 0 Å². The van der Waals surface area contributed by atoms with Gasteiger partial charge in [-0.3, -0.25) is 4.79 Å². The Balaban J connectivity index is 2.64. The van der Waals surface area contributed by atoms with Crippen LogP contribution in [0.25, 0.3) is 0 Å². The number of hydrogen-bond donors (Lipinski definition) is 1. The lowest BCUT2D eigenvalue weighted by Crippen LogP contribution is -2.51. The number of ether oxygens (including phenoxy) is 1. The highest BCUT2D eigenvalue weighted by atomic mass is 32.2. The summed E-state index contributed by atoms with van der Waals surface area (Å²) in [5.74, 6) is -1.43. The van der Waals surface area contributed by atoms with Crippen molar-refractivity contribution >= 4 is 21.7 Å². The first kappa shape index (κ1) is 14.9. The molecule has 0 aromatic rings. The zero-order valence-corrected chi connectivity index (χ0v) is 11.3. The number of likely N-dealkylation sites (N-methyl/N-ethyl adjacent to an activating group) is 1. The molecule has 0 aliphatic carbocycles. The minimum Gasteiger partial charge on any atom is -0.464 e. The normalized spacial score (nSPS) is 23.4. The average Bonchev–Trinajstić information content (AvgIpc) is 2.67. The molecule has 0 bridgehead atoms. The van der Waals surface area contributed by atoms with Gasteiger partial charge in [0.2, 0.25) is 0 Å². The lowest BCUT2D eigenvalue weighted by atomic mass is 10.2. The molecule has 8 heteroatoms. The summed E-state index contributed by atoms with van der Waals surface area (Å²) in [6, 6.07) is -1.80. The molecule has 1 saturated heterocycles. The second-order valence-corrected chi connectivity index (χ2v) is 6.46. The van der Waals surface area contributed by atoms with Crippen molar-refractivity contribution in [2.24, 2.45) is 5.73 Å². The number of carbonyl (C=O) groups excluding carboxylic acids is 2. The molecule has 1 heterocycles. The van der Waals surface area contributed by atoms with E-state index in [2.05, 4.69) is 4.74 Å². The van der Waals surface area contributed by atoms with Crippen molar-refractivity contribution in [2.75, 3.05) is 25.2 Å². The quantitative estimate of drug-likeness (QED) is 0.496. The summed E-state index contributed by atoms with van der Waals surface area (Å²) in [5, 5.41) is 0. The first-order valence-electron chi connectivity index (χ1n) is 5.68. The van der Waals surface area contributed by atoms with Crippen LogP contribution in [0.3, 0.4) is 0 Å². The highest BCUT2D eigenvalue weighted by Gasteiger charge is 2.36. The smallest absolute Gasteiger partial charge is 0.332 e. The maximum Gasteiger partial charge on any atom is 0.332 e. The number of nitrogens with two attached hydrogens (primary N) is 1. The number of rotatable bonds is 4. The largest absolute Gasteiger partial charge is 0.464 e. The van der Waals surface area contributed by atoms with Crippen LogP contribution in [0, 0.1) is 0 Å². The third kappa shape index (κ3) is 3.42. The van der Waals surface area contributed by atoms with Crippen LogP contribution in [0.2, 0.25) is 0 Å². The fourth-order valence-corrected chi connectivity index (χ4v) is 3.59. The molecule has 2 atom stereocenters. The van der Waals surface area contributed by atoms with Crippen LogP contribution in [0.1, 0.15) is 13.3 Å². The number of hydrogen-bond acceptors (Lipinski definition) is 6. The summed E-state index contributed by atoms with van der Waals surface area (Å²) < 4.78 is 27.3. The first-order chi connectivity index (χ1) is 8.28. The minimum absolute atomic E-state index is 0.0595. The minimum atomic E-state index is -3.08. The molecule has 1 amide bonds. The van der Waals surface area contributed by atoms with Crippen molar-refractivity contribution in [3.8, 4) is 0 Å². The van der Waals surface area contributed by atoms with Crippen LogP contribution in [0.5, 0.6) is 0 Å². The van der Waals surface area contributed by atoms with E-state index in [1.807, 2.05) is 0 Å². The van der Waals surface area contributed by atoms with E-state index in [0.29, 0.717) is 6.42 Å². The molecule has 1 aliphatic heterocycles. The van der Waals surface area contributed by atoms with E-state index in [1.54, 1.807) is 6.92 Å². The fourth-order valence-electron chi connectivity index (χ4n) is 1.81. The monoisotopic (exact) mass is 278 g/mol. The third-order valence-corrected chi connectivity index (χ3v) is 4.66. The fraction of sp³-hybridized carbons (Fsp3) is 0.800. The number of sulfone groups is 1. The van der Waals surface area contributed by atoms with E-state index in [4.69, 9.17) is 5.73 Å². The summed E-state index contributed by atoms with van der Waals surface area (Å²) in [5.41, 5.74) is 5.47. The summed E-state index contributed by atoms with van der Waals surface area (Å²) in [6.07, 6.45) is 0.375. The van der Waals surface area contributed by atoms with Gasteiger partial charge in [-0.15, -0.1) is 0 Å². The summed E-state index contributed by atoms with van der Waals surface area (Å²) in [4.78, 5) is 24.4. The molecule has 0 spiro atoms. The Kier molecular flexibility index (Phi) is 4.69. The number of esters is 1. The van der Waals surface area contributed by atoms with Gasteiger partial charge in [-0.05, 0) is 13.3 Å². The molecule has 7 nitrogen and oxygen atoms in total. The van der Waals surface area contributed by atoms with Gasteiger partial charge >= 0.3 is 5.97 Å². The third-order valence-electron chi connectivity index (χ3n) is 2.91. The molecule has 1 aliphatic rings. The van der Waals surface area contributed by atoms with Gasteiger partial charge < -0.3 is 15.4 Å². The van der Waals surface area contributed by atoms with Crippen molar-refractivity contribution < 1.29 is 22.7 Å². The average molecular weight is 278 g/mol. The molecule has 18 heavy (non-hydrogen) atoms. The maximum absolute atomic E-state index is 11.9. The standard InChI is InChI=1S/C10H18N2O5S/c1-3-17-10(14)8(11)9(13)12(2)7-4-5-18(15,16)6-7/h7-8H,3-6,11H2,1-2H3. The molecule has 0 aromatic carbocycles. The zero-order valence-electron chi connectivity index (χ0n) is 10.5. The van der Waals surface area contributed by atoms with Gasteiger partial charge in [0.05, 0.1) is 18.1 Å². The second kappa shape index (κ2) is 5.66. The van der Waals surface area contributed by atoms with Crippen LogP contribution >= 0.6 is 0 Å². The predicted molar refractivity (Wildman–Crippen MR) is 64.4 cm³/mol. The Morgan fingerprint density at radius 2 is 2.11 bits per heavy atom. The number of nitrogens with zero attached hydrogens (tertiary/aromatic N) is 1. The predicted octanol–water partition coefficient (Wildman–Crippen LogP) is -1.48. The Labute approximate surface area is 106 Å². The number of amides is 1. The topological polar surface area (TPSA) is 107 Å². The van der Waals surface area contributed by atoms with Crippen molar-refractivity contribution in [2.45, 2.75) is 25.4 Å². The van der Waals surface area contributed by atoms with Crippen LogP contribution < -0.4 is 5.73 Å². The molecule has 1 rings (SSSR count).